The van der Waals surface area contributed by atoms with Gasteiger partial charge in [0.1, 0.15) is 16.2 Å². The second-order valence-corrected chi connectivity index (χ2v) is 7.81. The Kier molecular flexibility index (Phi) is 4.99. The number of aromatic nitrogens is 2. The third kappa shape index (κ3) is 3.59. The van der Waals surface area contributed by atoms with E-state index < -0.39 is 10.0 Å². The molecular formula is C10H6Br2Cl2N4O2S. The first-order valence-corrected chi connectivity index (χ1v) is 8.98. The fourth-order valence-electron chi connectivity index (χ4n) is 1.43. The topological polar surface area (TPSA) is 98.0 Å². The molecule has 0 bridgehead atoms. The molecule has 0 amide bonds. The van der Waals surface area contributed by atoms with Crippen LogP contribution < -0.4 is 10.5 Å². The van der Waals surface area contributed by atoms with Gasteiger partial charge in [0.2, 0.25) is 0 Å². The summed E-state index contributed by atoms with van der Waals surface area (Å²) in [4.78, 5) is 7.36. The molecule has 0 spiro atoms. The molecule has 21 heavy (non-hydrogen) atoms. The normalized spacial score (nSPS) is 11.4. The minimum Gasteiger partial charge on any atom is -0.399 e. The minimum atomic E-state index is -3.96. The van der Waals surface area contributed by atoms with Gasteiger partial charge in [-0.1, -0.05) is 23.2 Å². The van der Waals surface area contributed by atoms with Crippen LogP contribution in [0.2, 0.25) is 10.2 Å². The van der Waals surface area contributed by atoms with Crippen molar-refractivity contribution in [3.63, 3.8) is 0 Å². The molecule has 2 rings (SSSR count). The van der Waals surface area contributed by atoms with Gasteiger partial charge in [0.15, 0.2) is 11.0 Å². The van der Waals surface area contributed by atoms with E-state index in [9.17, 15) is 8.42 Å². The summed E-state index contributed by atoms with van der Waals surface area (Å²) in [6, 6.07) is 2.93. The van der Waals surface area contributed by atoms with Crippen LogP contribution in [0.5, 0.6) is 0 Å². The van der Waals surface area contributed by atoms with E-state index in [-0.39, 0.29) is 29.8 Å². The van der Waals surface area contributed by atoms with Crippen LogP contribution in [0.25, 0.3) is 0 Å². The lowest BCUT2D eigenvalue weighted by atomic mass is 10.3. The summed E-state index contributed by atoms with van der Waals surface area (Å²) in [5.41, 5.74) is 6.03. The Hall–Kier alpha value is -0.610. The number of sulfonamides is 1. The summed E-state index contributed by atoms with van der Waals surface area (Å²) in [7, 11) is -3.96. The third-order valence-electron chi connectivity index (χ3n) is 2.27. The van der Waals surface area contributed by atoms with Crippen molar-refractivity contribution in [1.29, 1.82) is 0 Å². The van der Waals surface area contributed by atoms with Gasteiger partial charge in [0.25, 0.3) is 10.0 Å². The van der Waals surface area contributed by atoms with Gasteiger partial charge in [-0.25, -0.2) is 18.4 Å². The van der Waals surface area contributed by atoms with E-state index in [1.54, 1.807) is 0 Å². The first-order valence-electron chi connectivity index (χ1n) is 5.15. The van der Waals surface area contributed by atoms with E-state index in [0.29, 0.717) is 5.69 Å². The Labute approximate surface area is 147 Å². The molecular weight excluding hydrogens is 471 g/mol. The number of nitrogens with two attached hydrogens (primary N) is 1. The molecule has 0 aliphatic heterocycles. The average Bonchev–Trinajstić information content (AvgIpc) is 2.33. The van der Waals surface area contributed by atoms with Crippen LogP contribution in [-0.4, -0.2) is 18.4 Å². The van der Waals surface area contributed by atoms with Gasteiger partial charge in [-0.3, -0.25) is 4.72 Å². The predicted molar refractivity (Wildman–Crippen MR) is 89.1 cm³/mol. The molecule has 1 heterocycles. The van der Waals surface area contributed by atoms with Gasteiger partial charge in [-0.15, -0.1) is 0 Å². The zero-order valence-electron chi connectivity index (χ0n) is 9.94. The van der Waals surface area contributed by atoms with E-state index in [4.69, 9.17) is 28.9 Å². The number of nitrogens with zero attached hydrogens (tertiary/aromatic N) is 2. The number of benzene rings is 1. The fourth-order valence-corrected chi connectivity index (χ4v) is 5.41. The Morgan fingerprint density at radius 3 is 2.29 bits per heavy atom. The highest BCUT2D eigenvalue weighted by Gasteiger charge is 2.24. The first kappa shape index (κ1) is 16.8. The molecule has 1 aromatic carbocycles. The van der Waals surface area contributed by atoms with E-state index >= 15 is 0 Å². The highest BCUT2D eigenvalue weighted by atomic mass is 79.9. The standard InChI is InChI=1S/C10H6Br2Cl2N4O2S/c11-5-1-4(15)2-6(12)8(5)21(19,20)18-10-7(13)9(14)16-3-17-10/h1-3H,15H2,(H,16,17,18). The van der Waals surface area contributed by atoms with E-state index in [2.05, 4.69) is 46.5 Å². The Morgan fingerprint density at radius 2 is 1.71 bits per heavy atom. The smallest absolute Gasteiger partial charge is 0.265 e. The van der Waals surface area contributed by atoms with Gasteiger partial charge >= 0.3 is 0 Å². The zero-order valence-corrected chi connectivity index (χ0v) is 15.4. The van der Waals surface area contributed by atoms with Crippen LogP contribution in [-0.2, 0) is 10.0 Å². The Morgan fingerprint density at radius 1 is 1.14 bits per heavy atom. The lowest BCUT2D eigenvalue weighted by Gasteiger charge is -2.12. The molecule has 0 aliphatic carbocycles. The highest BCUT2D eigenvalue weighted by molar-refractivity contribution is 9.11. The van der Waals surface area contributed by atoms with E-state index in [1.165, 1.54) is 12.1 Å². The number of hydrogen-bond acceptors (Lipinski definition) is 5. The van der Waals surface area contributed by atoms with Crippen molar-refractivity contribution < 1.29 is 8.42 Å². The van der Waals surface area contributed by atoms with E-state index in [0.717, 1.165) is 6.33 Å². The number of hydrogen-bond donors (Lipinski definition) is 2. The fraction of sp³-hybridized carbons (Fsp3) is 0. The lowest BCUT2D eigenvalue weighted by Crippen LogP contribution is -2.16. The monoisotopic (exact) mass is 474 g/mol. The molecule has 0 saturated heterocycles. The molecule has 11 heteroatoms. The van der Waals surface area contributed by atoms with Crippen LogP contribution >= 0.6 is 55.1 Å². The third-order valence-corrected chi connectivity index (χ3v) is 6.22. The molecule has 0 atom stereocenters. The molecule has 0 saturated carbocycles. The zero-order chi connectivity index (χ0) is 15.8. The van der Waals surface area contributed by atoms with Crippen molar-refractivity contribution in [3.05, 3.63) is 37.6 Å². The highest BCUT2D eigenvalue weighted by Crippen LogP contribution is 2.34. The van der Waals surface area contributed by atoms with Crippen LogP contribution in [0.15, 0.2) is 32.3 Å². The summed E-state index contributed by atoms with van der Waals surface area (Å²) < 4.78 is 27.7. The van der Waals surface area contributed by atoms with Crippen molar-refractivity contribution in [2.24, 2.45) is 0 Å². The van der Waals surface area contributed by atoms with Crippen LogP contribution in [0.3, 0.4) is 0 Å². The molecule has 1 aromatic heterocycles. The van der Waals surface area contributed by atoms with Crippen LogP contribution in [0, 0.1) is 0 Å². The molecule has 112 valence electrons. The summed E-state index contributed by atoms with van der Waals surface area (Å²) in [6.45, 7) is 0. The molecule has 6 nitrogen and oxygen atoms in total. The number of nitrogens with one attached hydrogen (secondary N) is 1. The SMILES string of the molecule is Nc1cc(Br)c(S(=O)(=O)Nc2ncnc(Cl)c2Cl)c(Br)c1. The van der Waals surface area contributed by atoms with Gasteiger partial charge in [-0.05, 0) is 44.0 Å². The quantitative estimate of drug-likeness (QED) is 0.520. The van der Waals surface area contributed by atoms with Gasteiger partial charge in [0, 0.05) is 14.6 Å². The summed E-state index contributed by atoms with van der Waals surface area (Å²) in [6.07, 6.45) is 1.10. The Balaban J connectivity index is 2.51. The van der Waals surface area contributed by atoms with Gasteiger partial charge in [0.05, 0.1) is 0 Å². The number of rotatable bonds is 3. The van der Waals surface area contributed by atoms with Crippen LogP contribution in [0.1, 0.15) is 0 Å². The first-order chi connectivity index (χ1) is 9.72. The average molecular weight is 477 g/mol. The second-order valence-electron chi connectivity index (χ2n) is 3.75. The maximum absolute atomic E-state index is 12.4. The second kappa shape index (κ2) is 6.25. The van der Waals surface area contributed by atoms with Gasteiger partial charge in [-0.2, -0.15) is 0 Å². The Bertz CT molecular complexity index is 794. The van der Waals surface area contributed by atoms with Gasteiger partial charge < -0.3 is 5.73 Å². The largest absolute Gasteiger partial charge is 0.399 e. The number of halogens is 4. The van der Waals surface area contributed by atoms with E-state index in [1.807, 2.05) is 0 Å². The maximum Gasteiger partial charge on any atom is 0.265 e. The van der Waals surface area contributed by atoms with Crippen molar-refractivity contribution in [1.82, 2.24) is 9.97 Å². The maximum atomic E-state index is 12.4. The van der Waals surface area contributed by atoms with Crippen molar-refractivity contribution in [2.45, 2.75) is 4.90 Å². The summed E-state index contributed by atoms with van der Waals surface area (Å²) >= 11 is 17.9. The molecule has 2 aromatic rings. The van der Waals surface area contributed by atoms with Crippen molar-refractivity contribution in [3.8, 4) is 0 Å². The predicted octanol–water partition coefficient (Wildman–Crippen LogP) is 3.69. The molecule has 0 fully saturated rings. The summed E-state index contributed by atoms with van der Waals surface area (Å²) in [5, 5.41) is -0.148. The van der Waals surface area contributed by atoms with Crippen LogP contribution in [0.4, 0.5) is 11.5 Å². The minimum absolute atomic E-state index is 0.0394. The van der Waals surface area contributed by atoms with Crippen molar-refractivity contribution >= 4 is 76.6 Å². The number of anilines is 2. The lowest BCUT2D eigenvalue weighted by molar-refractivity contribution is 0.600. The molecule has 3 N–H and O–H groups in total. The van der Waals surface area contributed by atoms with Crippen molar-refractivity contribution in [2.75, 3.05) is 10.5 Å². The molecule has 0 radical (unpaired) electrons. The molecule has 0 unspecified atom stereocenters. The molecule has 0 aliphatic rings. The number of nitrogen functional groups attached to an aromatic ring is 1. The summed E-state index contributed by atoms with van der Waals surface area (Å²) in [5.74, 6) is -0.118.